The Morgan fingerprint density at radius 1 is 0.718 bits per heavy atom. The van der Waals surface area contributed by atoms with Gasteiger partial charge in [-0.05, 0) is 54.3 Å². The fourth-order valence-corrected chi connectivity index (χ4v) is 4.81. The minimum atomic E-state index is -0.823. The Morgan fingerprint density at radius 3 is 1.90 bits per heavy atom. The van der Waals surface area contributed by atoms with Gasteiger partial charge in [-0.3, -0.25) is 14.4 Å². The van der Waals surface area contributed by atoms with E-state index in [1.807, 2.05) is 18.2 Å². The smallest absolute Gasteiger partial charge is 0.272 e. The first-order chi connectivity index (χ1) is 18.7. The Kier molecular flexibility index (Phi) is 6.98. The highest BCUT2D eigenvalue weighted by atomic mass is 19.1. The lowest BCUT2D eigenvalue weighted by atomic mass is 9.93. The Bertz CT molecular complexity index is 1770. The Morgan fingerprint density at radius 2 is 1.28 bits per heavy atom. The molecule has 194 valence electrons. The molecule has 1 aromatic heterocycles. The maximum absolute atomic E-state index is 13.3. The van der Waals surface area contributed by atoms with Crippen molar-refractivity contribution in [3.05, 3.63) is 146 Å². The van der Waals surface area contributed by atoms with E-state index in [4.69, 9.17) is 0 Å². The average Bonchev–Trinajstić information content (AvgIpc) is 3.20. The number of hydrogen-bond acceptors (Lipinski definition) is 4. The number of nitrogens with zero attached hydrogens (tertiary/aromatic N) is 1. The molecule has 1 N–H and O–H groups in total. The molecule has 1 heterocycles. The molecule has 1 aliphatic carbocycles. The van der Waals surface area contributed by atoms with Crippen molar-refractivity contribution < 1.29 is 18.4 Å². The van der Waals surface area contributed by atoms with Gasteiger partial charge in [0, 0.05) is 22.9 Å². The van der Waals surface area contributed by atoms with Gasteiger partial charge in [-0.25, -0.2) is 13.9 Å². The SMILES string of the molecule is Cc1cc(C2C(=O)c3ccccc3C2=O)ccc1F.Cc1cc(Cc2n[nH]c(=O)c3ccccc23)ccc1F. The molecule has 0 atom stereocenters. The topological polar surface area (TPSA) is 79.9 Å². The maximum Gasteiger partial charge on any atom is 0.272 e. The lowest BCUT2D eigenvalue weighted by Gasteiger charge is -2.08. The van der Waals surface area contributed by atoms with E-state index in [0.29, 0.717) is 39.6 Å². The number of rotatable bonds is 3. The van der Waals surface area contributed by atoms with Gasteiger partial charge in [0.15, 0.2) is 11.6 Å². The van der Waals surface area contributed by atoms with Crippen molar-refractivity contribution in [3.63, 3.8) is 0 Å². The first-order valence-corrected chi connectivity index (χ1v) is 12.4. The molecule has 39 heavy (non-hydrogen) atoms. The van der Waals surface area contributed by atoms with Crippen LogP contribution in [0.5, 0.6) is 0 Å². The highest BCUT2D eigenvalue weighted by Crippen LogP contribution is 2.34. The number of Topliss-reactive ketones (excluding diaryl/α,β-unsaturated/α-hetero) is 2. The molecule has 0 fully saturated rings. The molecular formula is C32H24F2N2O3. The second-order valence-electron chi connectivity index (χ2n) is 9.52. The van der Waals surface area contributed by atoms with Crippen molar-refractivity contribution in [1.29, 1.82) is 0 Å². The summed E-state index contributed by atoms with van der Waals surface area (Å²) >= 11 is 0. The predicted octanol–water partition coefficient (Wildman–Crippen LogP) is 6.26. The van der Waals surface area contributed by atoms with E-state index in [1.54, 1.807) is 62.4 Å². The number of nitrogens with one attached hydrogen (secondary N) is 1. The van der Waals surface area contributed by atoms with Crippen LogP contribution in [0.25, 0.3) is 10.8 Å². The zero-order chi connectivity index (χ0) is 27.7. The number of carbonyl (C=O) groups is 2. The van der Waals surface area contributed by atoms with Crippen LogP contribution in [0.3, 0.4) is 0 Å². The van der Waals surface area contributed by atoms with Crippen LogP contribution >= 0.6 is 0 Å². The molecule has 6 rings (SSSR count). The Balaban J connectivity index is 0.000000158. The summed E-state index contributed by atoms with van der Waals surface area (Å²) < 4.78 is 26.6. The number of fused-ring (bicyclic) bond motifs is 2. The molecule has 1 aliphatic rings. The van der Waals surface area contributed by atoms with Gasteiger partial charge < -0.3 is 0 Å². The summed E-state index contributed by atoms with van der Waals surface area (Å²) in [5.41, 5.74) is 4.08. The number of benzene rings is 4. The number of H-pyrrole nitrogens is 1. The van der Waals surface area contributed by atoms with Gasteiger partial charge in [-0.15, -0.1) is 0 Å². The summed E-state index contributed by atoms with van der Waals surface area (Å²) in [6.45, 7) is 3.35. The number of aryl methyl sites for hydroxylation is 2. The van der Waals surface area contributed by atoms with Crippen molar-refractivity contribution in [1.82, 2.24) is 10.2 Å². The van der Waals surface area contributed by atoms with Crippen molar-refractivity contribution in [2.45, 2.75) is 26.2 Å². The van der Waals surface area contributed by atoms with Crippen LogP contribution < -0.4 is 5.56 Å². The van der Waals surface area contributed by atoms with Crippen molar-refractivity contribution >= 4 is 22.3 Å². The number of aromatic amines is 1. The quantitative estimate of drug-likeness (QED) is 0.284. The zero-order valence-corrected chi connectivity index (χ0v) is 21.3. The summed E-state index contributed by atoms with van der Waals surface area (Å²) in [4.78, 5) is 36.3. The summed E-state index contributed by atoms with van der Waals surface area (Å²) in [5, 5.41) is 8.09. The van der Waals surface area contributed by atoms with E-state index < -0.39 is 5.92 Å². The molecule has 0 unspecified atom stereocenters. The normalized spacial score (nSPS) is 12.8. The number of carbonyl (C=O) groups excluding carboxylic acids is 2. The number of halogens is 2. The fraction of sp³-hybridized carbons (Fsp3) is 0.125. The molecule has 0 saturated heterocycles. The highest BCUT2D eigenvalue weighted by Gasteiger charge is 2.39. The Labute approximate surface area is 223 Å². The van der Waals surface area contributed by atoms with Crippen LogP contribution in [-0.4, -0.2) is 21.8 Å². The second kappa shape index (κ2) is 10.5. The monoisotopic (exact) mass is 522 g/mol. The standard InChI is InChI=1S/C16H13FN2O.C16H11FO2/c1-10-8-11(6-7-14(10)17)9-15-12-4-2-3-5-13(12)16(20)19-18-15;1-9-8-10(6-7-13(9)17)14-15(18)11-4-2-3-5-12(11)16(14)19/h2-8H,9H2,1H3,(H,19,20);2-8,14H,1H3. The summed E-state index contributed by atoms with van der Waals surface area (Å²) in [7, 11) is 0. The molecule has 7 heteroatoms. The van der Waals surface area contributed by atoms with Crippen LogP contribution in [0.1, 0.15) is 54.6 Å². The summed E-state index contributed by atoms with van der Waals surface area (Å²) in [5.74, 6) is -1.78. The van der Waals surface area contributed by atoms with Gasteiger partial charge in [0.2, 0.25) is 0 Å². The highest BCUT2D eigenvalue weighted by molar-refractivity contribution is 6.29. The molecule has 0 bridgehead atoms. The van der Waals surface area contributed by atoms with Gasteiger partial charge in [-0.2, -0.15) is 5.10 Å². The molecule has 0 saturated carbocycles. The number of aromatic nitrogens is 2. The Hall–Kier alpha value is -4.78. The third-order valence-electron chi connectivity index (χ3n) is 6.87. The first-order valence-electron chi connectivity index (χ1n) is 12.4. The molecule has 0 aliphatic heterocycles. The van der Waals surface area contributed by atoms with Gasteiger partial charge in [0.05, 0.1) is 11.1 Å². The van der Waals surface area contributed by atoms with Crippen LogP contribution in [0.15, 0.2) is 89.7 Å². The van der Waals surface area contributed by atoms with E-state index in [0.717, 1.165) is 16.6 Å². The lowest BCUT2D eigenvalue weighted by Crippen LogP contribution is -2.13. The van der Waals surface area contributed by atoms with E-state index in [2.05, 4.69) is 10.2 Å². The maximum atomic E-state index is 13.3. The predicted molar refractivity (Wildman–Crippen MR) is 145 cm³/mol. The van der Waals surface area contributed by atoms with Crippen molar-refractivity contribution in [3.8, 4) is 0 Å². The van der Waals surface area contributed by atoms with Gasteiger partial charge in [-0.1, -0.05) is 66.7 Å². The van der Waals surface area contributed by atoms with Crippen molar-refractivity contribution in [2.75, 3.05) is 0 Å². The third-order valence-corrected chi connectivity index (χ3v) is 6.87. The second-order valence-corrected chi connectivity index (χ2v) is 9.52. The van der Waals surface area contributed by atoms with Crippen LogP contribution in [-0.2, 0) is 6.42 Å². The fourth-order valence-electron chi connectivity index (χ4n) is 4.81. The summed E-state index contributed by atoms with van der Waals surface area (Å²) in [6, 6.07) is 23.5. The van der Waals surface area contributed by atoms with Crippen LogP contribution in [0, 0.1) is 25.5 Å². The largest absolute Gasteiger partial charge is 0.293 e. The van der Waals surface area contributed by atoms with Crippen LogP contribution in [0.4, 0.5) is 8.78 Å². The number of hydrogen-bond donors (Lipinski definition) is 1. The minimum absolute atomic E-state index is 0.195. The molecule has 4 aromatic carbocycles. The van der Waals surface area contributed by atoms with Crippen molar-refractivity contribution in [2.24, 2.45) is 0 Å². The molecule has 0 amide bonds. The lowest BCUT2D eigenvalue weighted by molar-refractivity contribution is 0.0890. The van der Waals surface area contributed by atoms with E-state index >= 15 is 0 Å². The molecule has 0 radical (unpaired) electrons. The van der Waals surface area contributed by atoms with E-state index in [-0.39, 0.29) is 28.8 Å². The minimum Gasteiger partial charge on any atom is -0.293 e. The summed E-state index contributed by atoms with van der Waals surface area (Å²) in [6.07, 6.45) is 0.554. The molecule has 0 spiro atoms. The van der Waals surface area contributed by atoms with E-state index in [9.17, 15) is 23.2 Å². The average molecular weight is 523 g/mol. The van der Waals surface area contributed by atoms with E-state index in [1.165, 1.54) is 18.2 Å². The third kappa shape index (κ3) is 5.03. The number of ketones is 2. The molecule has 5 nitrogen and oxygen atoms in total. The van der Waals surface area contributed by atoms with Crippen LogP contribution in [0.2, 0.25) is 0 Å². The molecular weight excluding hydrogens is 498 g/mol. The van der Waals surface area contributed by atoms with Gasteiger partial charge in [0.25, 0.3) is 5.56 Å². The van der Waals surface area contributed by atoms with Gasteiger partial charge >= 0.3 is 0 Å². The first kappa shape index (κ1) is 25.9. The molecule has 5 aromatic rings. The zero-order valence-electron chi connectivity index (χ0n) is 21.3. The van der Waals surface area contributed by atoms with Gasteiger partial charge in [0.1, 0.15) is 17.6 Å².